The molecule has 0 aliphatic heterocycles. The smallest absolute Gasteiger partial charge is 0.407 e. The molecular weight excluding hydrogens is 432 g/mol. The lowest BCUT2D eigenvalue weighted by molar-refractivity contribution is -0.142. The summed E-state index contributed by atoms with van der Waals surface area (Å²) < 4.78 is 5.51. The fourth-order valence-corrected chi connectivity index (χ4v) is 4.60. The maximum Gasteiger partial charge on any atom is 0.407 e. The fraction of sp³-hybridized carbons (Fsp3) is 0.444. The Kier molecular flexibility index (Phi) is 7.83. The molecule has 0 saturated heterocycles. The van der Waals surface area contributed by atoms with E-state index in [1.54, 1.807) is 0 Å². The molecule has 34 heavy (non-hydrogen) atoms. The monoisotopic (exact) mass is 464 g/mol. The van der Waals surface area contributed by atoms with Gasteiger partial charge in [-0.25, -0.2) is 4.79 Å². The van der Waals surface area contributed by atoms with Crippen molar-refractivity contribution >= 4 is 18.0 Å². The second kappa shape index (κ2) is 11.2. The molecule has 0 heterocycles. The van der Waals surface area contributed by atoms with Gasteiger partial charge in [0, 0.05) is 25.4 Å². The largest absolute Gasteiger partial charge is 0.481 e. The van der Waals surface area contributed by atoms with Crippen molar-refractivity contribution in [3.63, 3.8) is 0 Å². The van der Waals surface area contributed by atoms with Gasteiger partial charge in [-0.2, -0.15) is 0 Å². The van der Waals surface area contributed by atoms with Crippen molar-refractivity contribution in [2.45, 2.75) is 44.4 Å². The van der Waals surface area contributed by atoms with Crippen molar-refractivity contribution in [2.75, 3.05) is 19.7 Å². The molecule has 2 aromatic rings. The van der Waals surface area contributed by atoms with Crippen LogP contribution in [0, 0.1) is 11.8 Å². The van der Waals surface area contributed by atoms with Gasteiger partial charge in [-0.15, -0.1) is 0 Å². The van der Waals surface area contributed by atoms with E-state index in [4.69, 9.17) is 4.74 Å². The maximum absolute atomic E-state index is 12.2. The number of aliphatic carboxylic acids is 1. The molecule has 1 fully saturated rings. The van der Waals surface area contributed by atoms with Crippen LogP contribution in [0.4, 0.5) is 4.79 Å². The predicted molar refractivity (Wildman–Crippen MR) is 128 cm³/mol. The van der Waals surface area contributed by atoms with E-state index in [2.05, 4.69) is 34.9 Å². The molecule has 1 saturated carbocycles. The number of benzene rings is 2. The third-order valence-electron chi connectivity index (χ3n) is 6.65. The zero-order valence-corrected chi connectivity index (χ0v) is 19.3. The number of rotatable bonds is 12. The summed E-state index contributed by atoms with van der Waals surface area (Å²) in [6, 6.07) is 16.4. The average molecular weight is 465 g/mol. The Morgan fingerprint density at radius 3 is 2.21 bits per heavy atom. The van der Waals surface area contributed by atoms with Gasteiger partial charge in [0.15, 0.2) is 0 Å². The summed E-state index contributed by atoms with van der Waals surface area (Å²) in [6.45, 7) is 0.875. The van der Waals surface area contributed by atoms with Crippen LogP contribution in [0.5, 0.6) is 0 Å². The van der Waals surface area contributed by atoms with E-state index in [-0.39, 0.29) is 25.0 Å². The highest BCUT2D eigenvalue weighted by atomic mass is 16.5. The Balaban J connectivity index is 1.12. The van der Waals surface area contributed by atoms with Crippen molar-refractivity contribution in [3.8, 4) is 11.1 Å². The fourth-order valence-electron chi connectivity index (χ4n) is 4.60. The van der Waals surface area contributed by atoms with Gasteiger partial charge in [-0.05, 0) is 47.4 Å². The minimum Gasteiger partial charge on any atom is -0.481 e. The highest BCUT2D eigenvalue weighted by Crippen LogP contribution is 2.44. The first-order chi connectivity index (χ1) is 16.5. The van der Waals surface area contributed by atoms with Crippen molar-refractivity contribution in [2.24, 2.45) is 11.8 Å². The van der Waals surface area contributed by atoms with Gasteiger partial charge in [-0.1, -0.05) is 61.4 Å². The van der Waals surface area contributed by atoms with Gasteiger partial charge in [-0.3, -0.25) is 9.59 Å². The molecule has 2 aliphatic rings. The number of hydrogen-bond donors (Lipinski definition) is 3. The number of carbonyl (C=O) groups excluding carboxylic acids is 2. The Bertz CT molecular complexity index is 988. The number of amides is 2. The van der Waals surface area contributed by atoms with E-state index < -0.39 is 18.0 Å². The maximum atomic E-state index is 12.2. The minimum atomic E-state index is -0.848. The van der Waals surface area contributed by atoms with Gasteiger partial charge in [0.1, 0.15) is 6.61 Å². The number of unbranched alkanes of at least 4 members (excludes halogenated alkanes) is 1. The van der Waals surface area contributed by atoms with Gasteiger partial charge in [0.25, 0.3) is 0 Å². The summed E-state index contributed by atoms with van der Waals surface area (Å²) in [7, 11) is 0. The number of alkyl carbamates (subject to hydrolysis) is 1. The van der Waals surface area contributed by atoms with E-state index in [0.717, 1.165) is 12.8 Å². The highest BCUT2D eigenvalue weighted by Gasteiger charge is 2.30. The lowest BCUT2D eigenvalue weighted by Gasteiger charge is -2.14. The van der Waals surface area contributed by atoms with Gasteiger partial charge in [0.2, 0.25) is 5.91 Å². The first-order valence-electron chi connectivity index (χ1n) is 12.1. The second-order valence-corrected chi connectivity index (χ2v) is 9.23. The summed E-state index contributed by atoms with van der Waals surface area (Å²) in [5.74, 6) is -0.979. The molecule has 7 nitrogen and oxygen atoms in total. The molecule has 0 radical (unpaired) electrons. The van der Waals surface area contributed by atoms with Crippen molar-refractivity contribution < 1.29 is 24.2 Å². The molecule has 0 spiro atoms. The molecule has 2 aromatic carbocycles. The quantitative estimate of drug-likeness (QED) is 0.406. The zero-order valence-electron chi connectivity index (χ0n) is 19.3. The van der Waals surface area contributed by atoms with Crippen LogP contribution in [0.15, 0.2) is 48.5 Å². The number of carboxylic acids is 1. The molecule has 1 unspecified atom stereocenters. The molecule has 2 amide bonds. The summed E-state index contributed by atoms with van der Waals surface area (Å²) in [5.41, 5.74) is 4.72. The standard InChI is InChI=1S/C27H32N2O5/c30-25(29-16-19(26(31)32)15-18-12-13-18)11-5-6-14-28-27(33)34-17-24-22-9-3-1-7-20(22)21-8-2-4-10-23(21)24/h1-4,7-10,18-19,24H,5-6,11-17H2,(H,28,33)(H,29,30)(H,31,32). The number of fused-ring (bicyclic) bond motifs is 3. The predicted octanol–water partition coefficient (Wildman–Crippen LogP) is 4.31. The summed E-state index contributed by atoms with van der Waals surface area (Å²) >= 11 is 0. The van der Waals surface area contributed by atoms with Crippen molar-refractivity contribution in [3.05, 3.63) is 59.7 Å². The molecule has 7 heteroatoms. The van der Waals surface area contributed by atoms with Crippen LogP contribution in [0.1, 0.15) is 55.6 Å². The molecule has 180 valence electrons. The van der Waals surface area contributed by atoms with Crippen molar-refractivity contribution in [1.82, 2.24) is 10.6 Å². The first-order valence-corrected chi connectivity index (χ1v) is 12.1. The highest BCUT2D eigenvalue weighted by molar-refractivity contribution is 5.79. The molecule has 1 atom stereocenters. The summed E-state index contributed by atoms with van der Waals surface area (Å²) in [4.78, 5) is 35.5. The van der Waals surface area contributed by atoms with Gasteiger partial charge >= 0.3 is 12.1 Å². The van der Waals surface area contributed by atoms with Crippen LogP contribution in [0.2, 0.25) is 0 Å². The Morgan fingerprint density at radius 2 is 1.59 bits per heavy atom. The lowest BCUT2D eigenvalue weighted by Crippen LogP contribution is -2.33. The molecule has 0 bridgehead atoms. The number of carbonyl (C=O) groups is 3. The molecule has 3 N–H and O–H groups in total. The van der Waals surface area contributed by atoms with Crippen LogP contribution >= 0.6 is 0 Å². The normalized spacial score (nSPS) is 15.2. The van der Waals surface area contributed by atoms with Crippen molar-refractivity contribution in [1.29, 1.82) is 0 Å². The zero-order chi connectivity index (χ0) is 23.9. The lowest BCUT2D eigenvalue weighted by atomic mass is 9.98. The first kappa shape index (κ1) is 23.8. The third-order valence-corrected chi connectivity index (χ3v) is 6.65. The SMILES string of the molecule is O=C(CCCCNC(=O)OCC1c2ccccc2-c2ccccc21)NCC(CC1CC1)C(=O)O. The van der Waals surface area contributed by atoms with Crippen LogP contribution in [-0.4, -0.2) is 42.8 Å². The average Bonchev–Trinajstić information content (AvgIpc) is 3.60. The van der Waals surface area contributed by atoms with Crippen LogP contribution in [0.25, 0.3) is 11.1 Å². The van der Waals surface area contributed by atoms with E-state index in [1.165, 1.54) is 22.3 Å². The van der Waals surface area contributed by atoms with Gasteiger partial charge in [0.05, 0.1) is 5.92 Å². The van der Waals surface area contributed by atoms with Crippen LogP contribution in [-0.2, 0) is 14.3 Å². The van der Waals surface area contributed by atoms with Crippen LogP contribution in [0.3, 0.4) is 0 Å². The number of nitrogens with one attached hydrogen (secondary N) is 2. The Labute approximate surface area is 199 Å². The topological polar surface area (TPSA) is 105 Å². The number of ether oxygens (including phenoxy) is 1. The van der Waals surface area contributed by atoms with E-state index in [9.17, 15) is 19.5 Å². The summed E-state index contributed by atoms with van der Waals surface area (Å²) in [6.07, 6.45) is 3.92. The molecule has 4 rings (SSSR count). The molecule has 2 aliphatic carbocycles. The van der Waals surface area contributed by atoms with Gasteiger partial charge < -0.3 is 20.5 Å². The molecule has 0 aromatic heterocycles. The van der Waals surface area contributed by atoms with Crippen LogP contribution < -0.4 is 10.6 Å². The number of carboxylic acid groups (broad SMARTS) is 1. The summed E-state index contributed by atoms with van der Waals surface area (Å²) in [5, 5.41) is 14.8. The molecular formula is C27H32N2O5. The van der Waals surface area contributed by atoms with E-state index >= 15 is 0 Å². The van der Waals surface area contributed by atoms with E-state index in [1.807, 2.05) is 24.3 Å². The third kappa shape index (κ3) is 6.16. The Morgan fingerprint density at radius 1 is 0.941 bits per heavy atom. The van der Waals surface area contributed by atoms with E-state index in [0.29, 0.717) is 38.1 Å². The minimum absolute atomic E-state index is 0.0244. The Hall–Kier alpha value is -3.35. The number of hydrogen-bond acceptors (Lipinski definition) is 4. The second-order valence-electron chi connectivity index (χ2n) is 9.23.